The lowest BCUT2D eigenvalue weighted by Crippen LogP contribution is -2.14. The Morgan fingerprint density at radius 1 is 0.958 bits per heavy atom. The van der Waals surface area contributed by atoms with Crippen molar-refractivity contribution in [2.45, 2.75) is 32.6 Å². The fraction of sp³-hybridized carbons (Fsp3) is 0.263. The lowest BCUT2D eigenvalue weighted by molar-refractivity contribution is -0.117. The number of hydrogen-bond donors (Lipinski definition) is 2. The predicted molar refractivity (Wildman–Crippen MR) is 98.4 cm³/mol. The molecule has 0 radical (unpaired) electrons. The van der Waals surface area contributed by atoms with Gasteiger partial charge in [-0.2, -0.15) is 0 Å². The van der Waals surface area contributed by atoms with Gasteiger partial charge in [0.05, 0.1) is 10.7 Å². The highest BCUT2D eigenvalue weighted by molar-refractivity contribution is 6.33. The highest BCUT2D eigenvalue weighted by Crippen LogP contribution is 2.26. The zero-order valence-corrected chi connectivity index (χ0v) is 14.4. The van der Waals surface area contributed by atoms with E-state index >= 15 is 0 Å². The minimum absolute atomic E-state index is 0.0545. The first-order valence-corrected chi connectivity index (χ1v) is 8.39. The van der Waals surface area contributed by atoms with Crippen molar-refractivity contribution in [1.82, 2.24) is 0 Å². The van der Waals surface area contributed by atoms with Gasteiger partial charge in [0.2, 0.25) is 11.8 Å². The van der Waals surface area contributed by atoms with Crippen LogP contribution < -0.4 is 10.6 Å². The molecule has 0 fully saturated rings. The minimum atomic E-state index is -0.113. The Kier molecular flexibility index (Phi) is 6.82. The maximum Gasteiger partial charge on any atom is 0.224 e. The molecule has 0 heterocycles. The van der Waals surface area contributed by atoms with Crippen LogP contribution in [-0.4, -0.2) is 11.8 Å². The Morgan fingerprint density at radius 2 is 1.67 bits per heavy atom. The van der Waals surface area contributed by atoms with E-state index in [-0.39, 0.29) is 11.8 Å². The normalized spacial score (nSPS) is 10.2. The minimum Gasteiger partial charge on any atom is -0.326 e. The van der Waals surface area contributed by atoms with Crippen molar-refractivity contribution in [3.05, 3.63) is 59.1 Å². The van der Waals surface area contributed by atoms with Crippen molar-refractivity contribution < 1.29 is 9.59 Å². The molecule has 0 aliphatic carbocycles. The van der Waals surface area contributed by atoms with E-state index in [0.29, 0.717) is 35.7 Å². The molecule has 2 aromatic rings. The maximum atomic E-state index is 12.1. The quantitative estimate of drug-likeness (QED) is 0.768. The van der Waals surface area contributed by atoms with Gasteiger partial charge in [0, 0.05) is 18.5 Å². The second-order valence-corrected chi connectivity index (χ2v) is 5.93. The van der Waals surface area contributed by atoms with Gasteiger partial charge in [-0.3, -0.25) is 9.59 Å². The highest BCUT2D eigenvalue weighted by Gasteiger charge is 2.09. The van der Waals surface area contributed by atoms with Gasteiger partial charge in [-0.05, 0) is 36.6 Å². The van der Waals surface area contributed by atoms with E-state index in [1.807, 2.05) is 37.3 Å². The molecule has 0 bridgehead atoms. The molecule has 0 unspecified atom stereocenters. The lowest BCUT2D eigenvalue weighted by Gasteiger charge is -2.10. The number of nitrogens with one attached hydrogen (secondary N) is 2. The molecule has 2 amide bonds. The number of anilines is 2. The second-order valence-electron chi connectivity index (χ2n) is 5.53. The van der Waals surface area contributed by atoms with Crippen LogP contribution in [0.25, 0.3) is 0 Å². The Balaban J connectivity index is 1.95. The molecule has 2 N–H and O–H groups in total. The van der Waals surface area contributed by atoms with Crippen molar-refractivity contribution in [1.29, 1.82) is 0 Å². The molecule has 24 heavy (non-hydrogen) atoms. The highest BCUT2D eigenvalue weighted by atomic mass is 35.5. The van der Waals surface area contributed by atoms with Crippen molar-refractivity contribution in [3.8, 4) is 0 Å². The van der Waals surface area contributed by atoms with Crippen LogP contribution >= 0.6 is 11.6 Å². The molecule has 0 spiro atoms. The third-order valence-electron chi connectivity index (χ3n) is 3.48. The molecule has 4 nitrogen and oxygen atoms in total. The summed E-state index contributed by atoms with van der Waals surface area (Å²) in [5.74, 6) is -0.168. The Labute approximate surface area is 147 Å². The van der Waals surface area contributed by atoms with Crippen LogP contribution in [0.3, 0.4) is 0 Å². The fourth-order valence-corrected chi connectivity index (χ4v) is 2.43. The molecule has 5 heteroatoms. The first kappa shape index (κ1) is 18.0. The summed E-state index contributed by atoms with van der Waals surface area (Å²) in [6.45, 7) is 1.94. The molecular weight excluding hydrogens is 324 g/mol. The van der Waals surface area contributed by atoms with Gasteiger partial charge < -0.3 is 10.6 Å². The number of benzene rings is 2. The molecule has 0 saturated heterocycles. The summed E-state index contributed by atoms with van der Waals surface area (Å²) in [5.41, 5.74) is 2.24. The van der Waals surface area contributed by atoms with Crippen LogP contribution in [0, 0.1) is 0 Å². The molecule has 0 saturated carbocycles. The monoisotopic (exact) mass is 344 g/mol. The maximum absolute atomic E-state index is 12.1. The van der Waals surface area contributed by atoms with E-state index in [0.717, 1.165) is 12.0 Å². The van der Waals surface area contributed by atoms with Crippen molar-refractivity contribution >= 4 is 34.8 Å². The smallest absolute Gasteiger partial charge is 0.224 e. The summed E-state index contributed by atoms with van der Waals surface area (Å²) in [6, 6.07) is 14.9. The van der Waals surface area contributed by atoms with Gasteiger partial charge in [0.15, 0.2) is 0 Å². The van der Waals surface area contributed by atoms with Crippen LogP contribution in [0.2, 0.25) is 5.02 Å². The van der Waals surface area contributed by atoms with E-state index in [1.54, 1.807) is 18.2 Å². The van der Waals surface area contributed by atoms with Gasteiger partial charge in [-0.25, -0.2) is 0 Å². The fourth-order valence-electron chi connectivity index (χ4n) is 2.26. The summed E-state index contributed by atoms with van der Waals surface area (Å²) in [5, 5.41) is 6.04. The standard InChI is InChI=1S/C19H21ClN2O2/c1-2-6-18(23)21-15-10-11-16(20)17(13-15)22-19(24)12-9-14-7-4-3-5-8-14/h3-5,7-8,10-11,13H,2,6,9,12H2,1H3,(H,21,23)(H,22,24). The molecule has 0 aliphatic rings. The Morgan fingerprint density at radius 3 is 2.38 bits per heavy atom. The van der Waals surface area contributed by atoms with Crippen LogP contribution in [0.5, 0.6) is 0 Å². The van der Waals surface area contributed by atoms with Crippen molar-refractivity contribution in [2.75, 3.05) is 10.6 Å². The number of hydrogen-bond acceptors (Lipinski definition) is 2. The van der Waals surface area contributed by atoms with E-state index in [2.05, 4.69) is 10.6 Å². The van der Waals surface area contributed by atoms with Crippen molar-refractivity contribution in [2.24, 2.45) is 0 Å². The molecule has 0 aliphatic heterocycles. The SMILES string of the molecule is CCCC(=O)Nc1ccc(Cl)c(NC(=O)CCc2ccccc2)c1. The van der Waals surface area contributed by atoms with Crippen LogP contribution in [-0.2, 0) is 16.0 Å². The Hall–Kier alpha value is -2.33. The number of amides is 2. The van der Waals surface area contributed by atoms with Crippen molar-refractivity contribution in [3.63, 3.8) is 0 Å². The lowest BCUT2D eigenvalue weighted by atomic mass is 10.1. The van der Waals surface area contributed by atoms with Gasteiger partial charge in [-0.15, -0.1) is 0 Å². The molecule has 0 aromatic heterocycles. The van der Waals surface area contributed by atoms with E-state index in [9.17, 15) is 9.59 Å². The number of carbonyl (C=O) groups excluding carboxylic acids is 2. The second kappa shape index (κ2) is 9.08. The van der Waals surface area contributed by atoms with E-state index < -0.39 is 0 Å². The summed E-state index contributed by atoms with van der Waals surface area (Å²) in [7, 11) is 0. The van der Waals surface area contributed by atoms with Gasteiger partial charge in [-0.1, -0.05) is 48.9 Å². The van der Waals surface area contributed by atoms with Gasteiger partial charge in [0.25, 0.3) is 0 Å². The summed E-state index contributed by atoms with van der Waals surface area (Å²) in [6.07, 6.45) is 2.27. The third-order valence-corrected chi connectivity index (χ3v) is 3.81. The number of halogens is 1. The van der Waals surface area contributed by atoms with Crippen LogP contribution in [0.15, 0.2) is 48.5 Å². The van der Waals surface area contributed by atoms with Gasteiger partial charge >= 0.3 is 0 Å². The summed E-state index contributed by atoms with van der Waals surface area (Å²) in [4.78, 5) is 23.8. The zero-order chi connectivity index (χ0) is 17.4. The average Bonchev–Trinajstić information content (AvgIpc) is 2.57. The number of rotatable bonds is 7. The molecule has 2 rings (SSSR count). The summed E-state index contributed by atoms with van der Waals surface area (Å²) >= 11 is 6.13. The molecule has 0 atom stereocenters. The van der Waals surface area contributed by atoms with Crippen LogP contribution in [0.1, 0.15) is 31.7 Å². The van der Waals surface area contributed by atoms with Gasteiger partial charge in [0.1, 0.15) is 0 Å². The average molecular weight is 345 g/mol. The molecular formula is C19H21ClN2O2. The Bertz CT molecular complexity index is 702. The number of aryl methyl sites for hydroxylation is 1. The van der Waals surface area contributed by atoms with Crippen LogP contribution in [0.4, 0.5) is 11.4 Å². The topological polar surface area (TPSA) is 58.2 Å². The molecule has 126 valence electrons. The first-order chi connectivity index (χ1) is 11.6. The zero-order valence-electron chi connectivity index (χ0n) is 13.6. The predicted octanol–water partition coefficient (Wildman–Crippen LogP) is 4.65. The first-order valence-electron chi connectivity index (χ1n) is 8.01. The third kappa shape index (κ3) is 5.70. The van der Waals surface area contributed by atoms with E-state index in [1.165, 1.54) is 0 Å². The molecule has 2 aromatic carbocycles. The summed E-state index contributed by atoms with van der Waals surface area (Å²) < 4.78 is 0. The van der Waals surface area contributed by atoms with E-state index in [4.69, 9.17) is 11.6 Å². The number of carbonyl (C=O) groups is 2. The largest absolute Gasteiger partial charge is 0.326 e.